The second-order valence-electron chi connectivity index (χ2n) is 24.4. The van der Waals surface area contributed by atoms with Crippen molar-refractivity contribution in [3.63, 3.8) is 0 Å². The van der Waals surface area contributed by atoms with E-state index in [1.165, 1.54) is 71.8 Å². The lowest BCUT2D eigenvalue weighted by Gasteiger charge is -2.55. The lowest BCUT2D eigenvalue weighted by Crippen LogP contribution is -2.66. The molecule has 0 bridgehead atoms. The van der Waals surface area contributed by atoms with E-state index in [2.05, 4.69) is 154 Å². The predicted octanol–water partition coefficient (Wildman–Crippen LogP) is 13.5. The van der Waals surface area contributed by atoms with Gasteiger partial charge < -0.3 is 69.9 Å². The molecule has 17 nitrogen and oxygen atoms in total. The van der Waals surface area contributed by atoms with E-state index in [1.54, 1.807) is 88.8 Å². The maximum absolute atomic E-state index is 12.6. The van der Waals surface area contributed by atoms with E-state index in [4.69, 9.17) is 36.3 Å². The van der Waals surface area contributed by atoms with E-state index in [0.717, 1.165) is 140 Å². The summed E-state index contributed by atoms with van der Waals surface area (Å²) in [7, 11) is 0. The van der Waals surface area contributed by atoms with Gasteiger partial charge in [-0.3, -0.25) is 14.4 Å². The summed E-state index contributed by atoms with van der Waals surface area (Å²) in [5, 5.41) is 6.95. The predicted molar refractivity (Wildman–Crippen MR) is 392 cm³/mol. The van der Waals surface area contributed by atoms with Crippen LogP contribution < -0.4 is 47.7 Å². The van der Waals surface area contributed by atoms with Crippen LogP contribution in [0.1, 0.15) is 0 Å². The molecule has 5 fully saturated rings. The van der Waals surface area contributed by atoms with Crippen LogP contribution in [0.3, 0.4) is 0 Å². The highest BCUT2D eigenvalue weighted by atomic mass is 35.5. The fraction of sp³-hybridized carbons (Fsp3) is 0.292. The van der Waals surface area contributed by atoms with Crippen molar-refractivity contribution >= 4 is 116 Å². The Kier molecular flexibility index (Phi) is 19.9. The minimum Gasteiger partial charge on any atom is -0.399 e. The molecule has 0 atom stereocenters. The molecule has 0 aliphatic carbocycles. The molecule has 494 valence electrons. The molecule has 0 unspecified atom stereocenters. The van der Waals surface area contributed by atoms with Crippen molar-refractivity contribution in [1.82, 2.24) is 19.9 Å². The third-order valence-electron chi connectivity index (χ3n) is 17.7. The van der Waals surface area contributed by atoms with Crippen molar-refractivity contribution in [2.45, 2.75) is 58.7 Å². The lowest BCUT2D eigenvalue weighted by atomic mass is 9.78. The van der Waals surface area contributed by atoms with Gasteiger partial charge in [-0.15, -0.1) is 11.6 Å². The summed E-state index contributed by atoms with van der Waals surface area (Å²) in [6, 6.07) is 49.3. The van der Waals surface area contributed by atoms with Gasteiger partial charge in [0.25, 0.3) is 0 Å². The third-order valence-corrected chi connectivity index (χ3v) is 25.7. The van der Waals surface area contributed by atoms with Gasteiger partial charge in [-0.05, 0) is 91.0 Å². The number of anilines is 6. The number of rotatable bonds is 13. The quantitative estimate of drug-likeness (QED) is 0.0470. The van der Waals surface area contributed by atoms with Gasteiger partial charge in [-0.1, -0.05) is 107 Å². The van der Waals surface area contributed by atoms with E-state index in [1.807, 2.05) is 18.2 Å². The Morgan fingerprint density at radius 2 is 0.812 bits per heavy atom. The molecular weight excluding hydrogens is 1340 g/mol. The Labute approximate surface area is 587 Å². The molecule has 5 saturated heterocycles. The van der Waals surface area contributed by atoms with Crippen molar-refractivity contribution in [2.24, 2.45) is 5.41 Å². The van der Waals surface area contributed by atoms with Crippen molar-refractivity contribution in [3.05, 3.63) is 177 Å². The van der Waals surface area contributed by atoms with Gasteiger partial charge in [-0.25, -0.2) is 0 Å². The summed E-state index contributed by atoms with van der Waals surface area (Å²) in [6.07, 6.45) is 0. The topological polar surface area (TPSA) is 199 Å². The Morgan fingerprint density at radius 3 is 1.20 bits per heavy atom. The average molecular weight is 1420 g/mol. The number of nitrogens with two attached hydrogens (primary N) is 1. The number of fused-ring (bicyclic) bond motifs is 6. The number of alkyl halides is 1. The summed E-state index contributed by atoms with van der Waals surface area (Å²) < 4.78 is 21.8. The van der Waals surface area contributed by atoms with Crippen molar-refractivity contribution in [2.75, 3.05) is 162 Å². The number of hydrogen-bond acceptors (Lipinski definition) is 20. The fourth-order valence-electron chi connectivity index (χ4n) is 12.9. The van der Waals surface area contributed by atoms with Gasteiger partial charge in [0.05, 0.1) is 69.9 Å². The maximum Gasteiger partial charge on any atom is 0.250 e. The molecule has 0 radical (unpaired) electrons. The minimum atomic E-state index is -0.0850. The first-order valence-electron chi connectivity index (χ1n) is 32.2. The number of nitrogen functional groups attached to an aromatic ring is 1. The van der Waals surface area contributed by atoms with Gasteiger partial charge in [0, 0.05) is 211 Å². The molecule has 3 aromatic heterocycles. The highest BCUT2D eigenvalue weighted by Crippen LogP contribution is 2.55. The molecule has 11 heterocycles. The van der Waals surface area contributed by atoms with Crippen LogP contribution in [0.4, 0.5) is 34.1 Å². The van der Waals surface area contributed by atoms with Gasteiger partial charge in [0.15, 0.2) is 0 Å². The van der Waals surface area contributed by atoms with Crippen LogP contribution in [-0.2, 0) is 18.9 Å². The second-order valence-corrected chi connectivity index (χ2v) is 31.2. The van der Waals surface area contributed by atoms with Crippen LogP contribution in [0.25, 0.3) is 33.8 Å². The number of hydrogen-bond donors (Lipinski definition) is 6. The van der Waals surface area contributed by atoms with Gasteiger partial charge in [0.2, 0.25) is 16.7 Å². The lowest BCUT2D eigenvalue weighted by molar-refractivity contribution is -0.187. The number of likely N-dealkylation sites (tertiary alicyclic amines) is 1. The molecule has 8 aliphatic heterocycles. The van der Waals surface area contributed by atoms with E-state index in [0.29, 0.717) is 50.9 Å². The van der Waals surface area contributed by atoms with Crippen molar-refractivity contribution in [3.8, 4) is 33.8 Å². The number of ether oxygens (including phenoxy) is 4. The zero-order valence-corrected chi connectivity index (χ0v) is 58.2. The van der Waals surface area contributed by atoms with Gasteiger partial charge in [0.1, 0.15) is 0 Å². The zero-order chi connectivity index (χ0) is 65.1. The van der Waals surface area contributed by atoms with Gasteiger partial charge >= 0.3 is 0 Å². The fourth-order valence-corrected chi connectivity index (χ4v) is 20.2. The summed E-state index contributed by atoms with van der Waals surface area (Å²) in [6.45, 7) is 15.9. The van der Waals surface area contributed by atoms with E-state index >= 15 is 0 Å². The molecule has 9 aromatic rings. The normalized spacial score (nSPS) is 17.3. The van der Waals surface area contributed by atoms with E-state index in [9.17, 15) is 14.4 Å². The van der Waals surface area contributed by atoms with Crippen LogP contribution in [-0.4, -0.2) is 151 Å². The standard InChI is InChI=1S/C28H30N4O3S2.C23H22ClN3O2S2.C21H19N3O2S2/c33-26-14-20(32-8-10-34-11-9-32)13-22(30-26)21-2-1-3-24-27(21)37-23-5-4-19(12-25(23)36-24)29-6-7-31-15-28(16-31)17-35-18-28;24-6-7-25-15-4-5-19-21(12-15)30-20-3-1-2-17(23(20)31-19)18-13-16(14-22(28)26-18)27-8-10-29-11-9-27;22-13-4-5-17-19(10-13)27-18-3-1-2-15(21(18)28-17)16-11-14(12-20(25)23-16)24-6-8-26-9-7-24/h1-5,12-14,29H,6-11,15-18H2,(H,30,33);1-5,12-14,25H,6-11H2,(H,26,28);1-5,10-12H,6-9,22H2,(H,23,25). The minimum absolute atomic E-state index is 0.0735. The second kappa shape index (κ2) is 29.3. The summed E-state index contributed by atoms with van der Waals surface area (Å²) >= 11 is 16.4. The van der Waals surface area contributed by atoms with Crippen LogP contribution in [0.5, 0.6) is 0 Å². The Bertz CT molecular complexity index is 4550. The van der Waals surface area contributed by atoms with E-state index in [-0.39, 0.29) is 16.7 Å². The smallest absolute Gasteiger partial charge is 0.250 e. The number of nitrogens with one attached hydrogen (secondary N) is 5. The maximum atomic E-state index is 12.6. The largest absolute Gasteiger partial charge is 0.399 e. The monoisotopic (exact) mass is 1410 g/mol. The van der Waals surface area contributed by atoms with Crippen molar-refractivity contribution in [1.29, 1.82) is 0 Å². The number of aromatic amines is 3. The summed E-state index contributed by atoms with van der Waals surface area (Å²) in [5.41, 5.74) is 17.8. The molecule has 0 saturated carbocycles. The van der Waals surface area contributed by atoms with Crippen LogP contribution >= 0.6 is 82.2 Å². The van der Waals surface area contributed by atoms with E-state index < -0.39 is 0 Å². The van der Waals surface area contributed by atoms with Crippen LogP contribution in [0, 0.1) is 5.41 Å². The molecular formula is C72H71ClN10O7S6. The molecule has 1 spiro atoms. The Hall–Kier alpha value is -6.84. The van der Waals surface area contributed by atoms with Crippen LogP contribution in [0.15, 0.2) is 219 Å². The van der Waals surface area contributed by atoms with Crippen LogP contribution in [0.2, 0.25) is 0 Å². The molecule has 24 heteroatoms. The number of nitrogens with zero attached hydrogens (tertiary/aromatic N) is 4. The third kappa shape index (κ3) is 14.6. The molecule has 17 rings (SSSR count). The number of halogens is 1. The molecule has 0 amide bonds. The Balaban J connectivity index is 0.000000119. The molecule has 6 aromatic carbocycles. The molecule has 96 heavy (non-hydrogen) atoms. The average Bonchev–Trinajstić information content (AvgIpc) is 0.793. The number of benzene rings is 6. The summed E-state index contributed by atoms with van der Waals surface area (Å²) in [5.74, 6) is 0.576. The number of pyridine rings is 3. The first-order valence-corrected chi connectivity index (χ1v) is 37.7. The number of H-pyrrole nitrogens is 3. The number of morpholine rings is 3. The number of aromatic nitrogens is 3. The van der Waals surface area contributed by atoms with Gasteiger partial charge in [-0.2, -0.15) is 0 Å². The first kappa shape index (κ1) is 65.1. The molecule has 8 aliphatic rings. The zero-order valence-electron chi connectivity index (χ0n) is 52.5. The Morgan fingerprint density at radius 1 is 0.427 bits per heavy atom. The first-order chi connectivity index (χ1) is 47.0. The highest BCUT2D eigenvalue weighted by Gasteiger charge is 2.48. The van der Waals surface area contributed by atoms with Crippen molar-refractivity contribution < 1.29 is 18.9 Å². The molecule has 7 N–H and O–H groups in total. The highest BCUT2D eigenvalue weighted by molar-refractivity contribution is 8.06. The summed E-state index contributed by atoms with van der Waals surface area (Å²) in [4.78, 5) is 70.2. The SMILES string of the molecule is Nc1ccc2c(c1)Sc1cccc(-c3cc(N4CCOCC4)cc(=O)[nH]3)c1S2.O=c1cc(N2CCOCC2)cc(-c2cccc3c2Sc2ccc(NCCCl)cc2S3)[nH]1.O=c1cc(N2CCOCC2)cc(-c2cccc3c2Sc2ccc(NCCN4CC5(COC5)C4)cc2S3)[nH]1.